The number of ether oxygens (including phenoxy) is 1. The molecular formula is C16H28IN3O2S. The molecule has 1 atom stereocenters. The third-order valence-corrected chi connectivity index (χ3v) is 3.86. The number of nitrogens with zero attached hydrogens (tertiary/aromatic N) is 1. The van der Waals surface area contributed by atoms with Crippen molar-refractivity contribution in [1.82, 2.24) is 10.6 Å². The molecule has 2 N–H and O–H groups in total. The van der Waals surface area contributed by atoms with E-state index in [-0.39, 0.29) is 36.0 Å². The number of guanidine groups is 1. The van der Waals surface area contributed by atoms with Crippen LogP contribution in [0.1, 0.15) is 32.1 Å². The van der Waals surface area contributed by atoms with Gasteiger partial charge in [0.15, 0.2) is 5.96 Å². The average molecular weight is 453 g/mol. The van der Waals surface area contributed by atoms with Crippen LogP contribution in [-0.4, -0.2) is 38.2 Å². The lowest BCUT2D eigenvalue weighted by Gasteiger charge is -2.15. The van der Waals surface area contributed by atoms with E-state index < -0.39 is 0 Å². The van der Waals surface area contributed by atoms with E-state index in [0.717, 1.165) is 18.9 Å². The molecule has 0 fully saturated rings. The maximum absolute atomic E-state index is 11.4. The third kappa shape index (κ3) is 10.5. The van der Waals surface area contributed by atoms with E-state index in [9.17, 15) is 4.79 Å². The molecule has 1 aromatic rings. The summed E-state index contributed by atoms with van der Waals surface area (Å²) in [5, 5.41) is 8.52. The fraction of sp³-hybridized carbons (Fsp3) is 0.625. The van der Waals surface area contributed by atoms with Gasteiger partial charge in [0.1, 0.15) is 0 Å². The van der Waals surface area contributed by atoms with Crippen LogP contribution < -0.4 is 10.6 Å². The maximum Gasteiger partial charge on any atom is 0.307 e. The summed E-state index contributed by atoms with van der Waals surface area (Å²) in [7, 11) is 1.73. The molecule has 1 unspecified atom stereocenters. The van der Waals surface area contributed by atoms with E-state index in [1.165, 1.54) is 4.88 Å². The summed E-state index contributed by atoms with van der Waals surface area (Å²) in [6.45, 7) is 7.26. The van der Waals surface area contributed by atoms with Gasteiger partial charge in [-0.1, -0.05) is 13.0 Å². The minimum absolute atomic E-state index is 0. The summed E-state index contributed by atoms with van der Waals surface area (Å²) in [6.07, 6.45) is 1.33. The number of carbonyl (C=O) groups excluding carboxylic acids is 1. The predicted octanol–water partition coefficient (Wildman–Crippen LogP) is 3.05. The Balaban J connectivity index is 0.00000484. The minimum Gasteiger partial charge on any atom is -0.463 e. The lowest BCUT2D eigenvalue weighted by Crippen LogP contribution is -2.40. The lowest BCUT2D eigenvalue weighted by molar-refractivity contribution is -0.147. The van der Waals surface area contributed by atoms with Gasteiger partial charge in [-0.2, -0.15) is 0 Å². The first-order chi connectivity index (χ1) is 10.5. The highest BCUT2D eigenvalue weighted by atomic mass is 127. The van der Waals surface area contributed by atoms with Crippen molar-refractivity contribution in [3.63, 3.8) is 0 Å². The van der Waals surface area contributed by atoms with Crippen molar-refractivity contribution >= 4 is 47.2 Å². The van der Waals surface area contributed by atoms with Gasteiger partial charge in [0.2, 0.25) is 0 Å². The summed E-state index contributed by atoms with van der Waals surface area (Å²) in [6, 6.07) is 4.24. The van der Waals surface area contributed by atoms with Crippen LogP contribution in [-0.2, 0) is 16.0 Å². The van der Waals surface area contributed by atoms with E-state index in [1.807, 2.05) is 13.8 Å². The molecule has 0 aliphatic heterocycles. The van der Waals surface area contributed by atoms with Crippen LogP contribution in [0.2, 0.25) is 0 Å². The van der Waals surface area contributed by atoms with Crippen molar-refractivity contribution in [2.24, 2.45) is 10.9 Å². The minimum atomic E-state index is -0.191. The fourth-order valence-corrected chi connectivity index (χ4v) is 2.81. The van der Waals surface area contributed by atoms with Crippen LogP contribution in [0.5, 0.6) is 0 Å². The van der Waals surface area contributed by atoms with Gasteiger partial charge in [-0.3, -0.25) is 9.79 Å². The molecule has 1 rings (SSSR count). The molecule has 0 saturated heterocycles. The Labute approximate surface area is 160 Å². The molecule has 0 aliphatic rings. The van der Waals surface area contributed by atoms with Gasteiger partial charge in [0.05, 0.1) is 12.5 Å². The topological polar surface area (TPSA) is 62.7 Å². The van der Waals surface area contributed by atoms with Crippen LogP contribution in [0.4, 0.5) is 0 Å². The number of esters is 1. The van der Waals surface area contributed by atoms with Crippen LogP contribution in [0.15, 0.2) is 22.5 Å². The average Bonchev–Trinajstić information content (AvgIpc) is 2.94. The second-order valence-corrected chi connectivity index (χ2v) is 6.59. The SMILES string of the molecule is CN=C(NCCC(=O)OC(C)C)NCC(C)Cc1cccs1.I. The number of aliphatic imine (C=N–C) groups is 1. The Morgan fingerprint density at radius 3 is 2.65 bits per heavy atom. The van der Waals surface area contributed by atoms with Crippen molar-refractivity contribution in [2.75, 3.05) is 20.1 Å². The fourth-order valence-electron chi connectivity index (χ4n) is 1.94. The van der Waals surface area contributed by atoms with Crippen molar-refractivity contribution in [1.29, 1.82) is 0 Å². The Morgan fingerprint density at radius 1 is 1.35 bits per heavy atom. The van der Waals surface area contributed by atoms with Gasteiger partial charge in [-0.05, 0) is 37.6 Å². The number of nitrogens with one attached hydrogen (secondary N) is 2. The van der Waals surface area contributed by atoms with E-state index in [4.69, 9.17) is 4.74 Å². The number of halogens is 1. The highest BCUT2D eigenvalue weighted by Crippen LogP contribution is 2.13. The van der Waals surface area contributed by atoms with Gasteiger partial charge >= 0.3 is 5.97 Å². The van der Waals surface area contributed by atoms with Gasteiger partial charge in [0.25, 0.3) is 0 Å². The molecule has 0 radical (unpaired) electrons. The molecule has 5 nitrogen and oxygen atoms in total. The number of carbonyl (C=O) groups is 1. The second kappa shape index (κ2) is 12.6. The summed E-state index contributed by atoms with van der Waals surface area (Å²) in [5.41, 5.74) is 0. The highest BCUT2D eigenvalue weighted by molar-refractivity contribution is 14.0. The van der Waals surface area contributed by atoms with E-state index in [1.54, 1.807) is 18.4 Å². The number of hydrogen-bond acceptors (Lipinski definition) is 4. The Bertz CT molecular complexity index is 464. The molecule has 7 heteroatoms. The summed E-state index contributed by atoms with van der Waals surface area (Å²) < 4.78 is 5.08. The van der Waals surface area contributed by atoms with Crippen LogP contribution in [0, 0.1) is 5.92 Å². The zero-order valence-corrected chi connectivity index (χ0v) is 17.4. The van der Waals surface area contributed by atoms with Gasteiger partial charge in [-0.15, -0.1) is 35.3 Å². The predicted molar refractivity (Wildman–Crippen MR) is 108 cm³/mol. The largest absolute Gasteiger partial charge is 0.463 e. The quantitative estimate of drug-likeness (QED) is 0.275. The Kier molecular flexibility index (Phi) is 12.1. The lowest BCUT2D eigenvalue weighted by atomic mass is 10.1. The first kappa shape index (κ1) is 22.2. The van der Waals surface area contributed by atoms with Crippen molar-refractivity contribution in [3.8, 4) is 0 Å². The summed E-state index contributed by atoms with van der Waals surface area (Å²) in [4.78, 5) is 17.0. The Hall–Kier alpha value is -0.830. The standard InChI is InChI=1S/C16H27N3O2S.HI/c1-12(2)21-15(20)7-8-18-16(17-4)19-11-13(3)10-14-6-5-9-22-14;/h5-6,9,12-13H,7-8,10-11H2,1-4H3,(H2,17,18,19);1H. The zero-order chi connectivity index (χ0) is 16.4. The molecule has 1 aromatic heterocycles. The van der Waals surface area contributed by atoms with Crippen molar-refractivity contribution < 1.29 is 9.53 Å². The monoisotopic (exact) mass is 453 g/mol. The zero-order valence-electron chi connectivity index (χ0n) is 14.3. The molecule has 23 heavy (non-hydrogen) atoms. The van der Waals surface area contributed by atoms with Crippen molar-refractivity contribution in [2.45, 2.75) is 39.7 Å². The van der Waals surface area contributed by atoms with E-state index >= 15 is 0 Å². The molecule has 0 aliphatic carbocycles. The van der Waals surface area contributed by atoms with Gasteiger partial charge < -0.3 is 15.4 Å². The van der Waals surface area contributed by atoms with Gasteiger partial charge in [-0.25, -0.2) is 0 Å². The molecule has 0 saturated carbocycles. The Morgan fingerprint density at radius 2 is 2.09 bits per heavy atom. The molecule has 0 amide bonds. The molecular weight excluding hydrogens is 425 g/mol. The van der Waals surface area contributed by atoms with Crippen LogP contribution in [0.25, 0.3) is 0 Å². The first-order valence-corrected chi connectivity index (χ1v) is 8.55. The molecule has 0 bridgehead atoms. The molecule has 132 valence electrons. The summed E-state index contributed by atoms with van der Waals surface area (Å²) >= 11 is 1.79. The third-order valence-electron chi connectivity index (χ3n) is 2.96. The maximum atomic E-state index is 11.4. The van der Waals surface area contributed by atoms with Crippen molar-refractivity contribution in [3.05, 3.63) is 22.4 Å². The van der Waals surface area contributed by atoms with E-state index in [2.05, 4.69) is 40.1 Å². The van der Waals surface area contributed by atoms with Crippen LogP contribution >= 0.6 is 35.3 Å². The number of thiophene rings is 1. The number of rotatable bonds is 8. The highest BCUT2D eigenvalue weighted by Gasteiger charge is 2.08. The van der Waals surface area contributed by atoms with Gasteiger partial charge in [0, 0.05) is 25.0 Å². The molecule has 1 heterocycles. The second-order valence-electron chi connectivity index (χ2n) is 5.56. The van der Waals surface area contributed by atoms with E-state index in [0.29, 0.717) is 18.9 Å². The smallest absolute Gasteiger partial charge is 0.307 e. The van der Waals surface area contributed by atoms with Crippen LogP contribution in [0.3, 0.4) is 0 Å². The first-order valence-electron chi connectivity index (χ1n) is 7.67. The number of hydrogen-bond donors (Lipinski definition) is 2. The summed E-state index contributed by atoms with van der Waals surface area (Å²) in [5.74, 6) is 1.04. The molecule has 0 aromatic carbocycles. The molecule has 0 spiro atoms. The normalized spacial score (nSPS) is 12.5.